The van der Waals surface area contributed by atoms with Gasteiger partial charge in [-0.1, -0.05) is 30.5 Å². The van der Waals surface area contributed by atoms with E-state index in [9.17, 15) is 19.8 Å². The number of aliphatic hydroxyl groups is 2. The minimum Gasteiger partial charge on any atom is -0.467 e. The summed E-state index contributed by atoms with van der Waals surface area (Å²) in [7, 11) is 1.27. The average Bonchev–Trinajstić information content (AvgIpc) is 3.41. The Hall–Kier alpha value is -2.37. The van der Waals surface area contributed by atoms with Crippen LogP contribution < -0.4 is 0 Å². The molecule has 4 fully saturated rings. The van der Waals surface area contributed by atoms with Crippen molar-refractivity contribution in [1.82, 2.24) is 4.90 Å². The number of hydrogen-bond donors (Lipinski definition) is 2. The number of likely N-dealkylation sites (tertiary alicyclic amines) is 1. The number of aliphatic hydroxyl groups excluding tert-OH is 1. The molecule has 8 atom stereocenters. The van der Waals surface area contributed by atoms with Crippen molar-refractivity contribution in [3.63, 3.8) is 0 Å². The summed E-state index contributed by atoms with van der Waals surface area (Å²) < 4.78 is 4.76. The second-order valence-corrected chi connectivity index (χ2v) is 12.3. The number of terminal acetylenes is 1. The van der Waals surface area contributed by atoms with Crippen LogP contribution in [0, 0.1) is 40.9 Å². The van der Waals surface area contributed by atoms with E-state index in [1.807, 2.05) is 0 Å². The number of ether oxygens (including phenoxy) is 1. The second kappa shape index (κ2) is 9.43. The molecule has 3 saturated carbocycles. The van der Waals surface area contributed by atoms with Crippen LogP contribution in [0.5, 0.6) is 0 Å². The van der Waals surface area contributed by atoms with Crippen LogP contribution in [0.15, 0.2) is 16.8 Å². The fourth-order valence-corrected chi connectivity index (χ4v) is 8.60. The molecular formula is C29H40N2O6. The third-order valence-corrected chi connectivity index (χ3v) is 10.8. The van der Waals surface area contributed by atoms with E-state index in [1.165, 1.54) is 17.6 Å². The lowest BCUT2D eigenvalue weighted by Crippen LogP contribution is -2.54. The summed E-state index contributed by atoms with van der Waals surface area (Å²) in [6.45, 7) is 4.41. The molecule has 37 heavy (non-hydrogen) atoms. The highest BCUT2D eigenvalue weighted by molar-refractivity contribution is 5.96. The molecule has 4 aliphatic carbocycles. The Morgan fingerprint density at radius 3 is 2.68 bits per heavy atom. The first-order valence-corrected chi connectivity index (χ1v) is 13.7. The summed E-state index contributed by atoms with van der Waals surface area (Å²) >= 11 is 0. The lowest BCUT2D eigenvalue weighted by atomic mass is 9.46. The van der Waals surface area contributed by atoms with Crippen LogP contribution in [-0.2, 0) is 19.2 Å². The molecule has 202 valence electrons. The molecule has 5 aliphatic rings. The van der Waals surface area contributed by atoms with Gasteiger partial charge >= 0.3 is 5.97 Å². The molecule has 0 spiro atoms. The van der Waals surface area contributed by atoms with Gasteiger partial charge in [0.15, 0.2) is 6.61 Å². The molecule has 0 aromatic carbocycles. The number of nitrogens with zero attached hydrogens (tertiary/aromatic N) is 2. The van der Waals surface area contributed by atoms with E-state index >= 15 is 0 Å². The number of oxime groups is 1. The molecule has 0 aromatic heterocycles. The first-order valence-electron chi connectivity index (χ1n) is 13.7. The summed E-state index contributed by atoms with van der Waals surface area (Å²) in [6.07, 6.45) is 15.0. The van der Waals surface area contributed by atoms with E-state index in [2.05, 4.69) is 31.0 Å². The Balaban J connectivity index is 1.24. The molecule has 1 aliphatic heterocycles. The number of esters is 1. The van der Waals surface area contributed by atoms with Crippen molar-refractivity contribution in [3.05, 3.63) is 11.6 Å². The normalized spacial score (nSPS) is 43.8. The Bertz CT molecular complexity index is 1060. The zero-order valence-corrected chi connectivity index (χ0v) is 22.2. The van der Waals surface area contributed by atoms with Gasteiger partial charge in [-0.2, -0.15) is 0 Å². The molecule has 1 saturated heterocycles. The standard InChI is InChI=1S/C29H40N2O6/c1-5-29(35)13-10-23-21-7-6-18-14-19(8-11-27(18,2)22(21)9-12-28(23,29)3)30-37-17-25(33)31-16-20(32)15-24(31)26(34)36-4/h1,14,20-24,32,35H,6-13,15-17H2,2-4H3/b30-19-/t20-,21+,22-,23+,24+,27-,28-,29+/m0/s1. The molecular weight excluding hydrogens is 472 g/mol. The van der Waals surface area contributed by atoms with E-state index in [0.29, 0.717) is 24.2 Å². The molecule has 2 N–H and O–H groups in total. The zero-order chi connectivity index (χ0) is 26.6. The van der Waals surface area contributed by atoms with E-state index in [-0.39, 0.29) is 36.3 Å². The van der Waals surface area contributed by atoms with Gasteiger partial charge in [-0.3, -0.25) is 4.79 Å². The molecule has 0 bridgehead atoms. The quantitative estimate of drug-likeness (QED) is 0.341. The van der Waals surface area contributed by atoms with E-state index in [4.69, 9.17) is 16.0 Å². The molecule has 5 rings (SSSR count). The maximum Gasteiger partial charge on any atom is 0.328 e. The second-order valence-electron chi connectivity index (χ2n) is 12.3. The van der Waals surface area contributed by atoms with Gasteiger partial charge in [0.1, 0.15) is 11.6 Å². The number of methoxy groups -OCH3 is 1. The number of carbonyl (C=O) groups excluding carboxylic acids is 2. The van der Waals surface area contributed by atoms with Crippen LogP contribution in [0.4, 0.5) is 0 Å². The molecule has 0 radical (unpaired) electrons. The van der Waals surface area contributed by atoms with Crippen molar-refractivity contribution in [1.29, 1.82) is 0 Å². The summed E-state index contributed by atoms with van der Waals surface area (Å²) in [5.41, 5.74) is 1.18. The monoisotopic (exact) mass is 512 g/mol. The van der Waals surface area contributed by atoms with Gasteiger partial charge in [0.05, 0.1) is 18.9 Å². The van der Waals surface area contributed by atoms with Crippen molar-refractivity contribution >= 4 is 17.6 Å². The lowest BCUT2D eigenvalue weighted by Gasteiger charge is -2.58. The highest BCUT2D eigenvalue weighted by atomic mass is 16.6. The maximum absolute atomic E-state index is 12.7. The van der Waals surface area contributed by atoms with Crippen LogP contribution >= 0.6 is 0 Å². The van der Waals surface area contributed by atoms with Gasteiger partial charge in [0.2, 0.25) is 0 Å². The van der Waals surface area contributed by atoms with Crippen molar-refractivity contribution in [2.75, 3.05) is 20.3 Å². The van der Waals surface area contributed by atoms with Crippen molar-refractivity contribution in [2.24, 2.45) is 33.7 Å². The zero-order valence-electron chi connectivity index (χ0n) is 22.2. The number of allylic oxidation sites excluding steroid dienone is 2. The van der Waals surface area contributed by atoms with E-state index in [0.717, 1.165) is 50.7 Å². The minimum atomic E-state index is -0.981. The molecule has 0 unspecified atom stereocenters. The van der Waals surface area contributed by atoms with E-state index < -0.39 is 23.7 Å². The summed E-state index contributed by atoms with van der Waals surface area (Å²) in [4.78, 5) is 31.4. The van der Waals surface area contributed by atoms with Crippen LogP contribution in [0.1, 0.15) is 71.6 Å². The molecule has 0 aromatic rings. The maximum atomic E-state index is 12.7. The predicted molar refractivity (Wildman–Crippen MR) is 137 cm³/mol. The highest BCUT2D eigenvalue weighted by Crippen LogP contribution is 2.67. The Labute approximate surface area is 219 Å². The number of amides is 1. The SMILES string of the molecule is C#C[C@@]1(O)CC[C@@H]2[C@@H]3CCC4=C/C(=N\OCC(=O)N5C[C@@H](O)C[C@@H]5C(=O)OC)CC[C@]4(C)[C@H]3CC[C@@]21C. The fourth-order valence-electron chi connectivity index (χ4n) is 8.60. The van der Waals surface area contributed by atoms with Crippen LogP contribution in [0.3, 0.4) is 0 Å². The Morgan fingerprint density at radius 1 is 1.19 bits per heavy atom. The van der Waals surface area contributed by atoms with Gasteiger partial charge < -0.3 is 24.7 Å². The smallest absolute Gasteiger partial charge is 0.328 e. The van der Waals surface area contributed by atoms with Gasteiger partial charge in [-0.15, -0.1) is 6.42 Å². The predicted octanol–water partition coefficient (Wildman–Crippen LogP) is 2.82. The number of carbonyl (C=O) groups is 2. The highest BCUT2D eigenvalue weighted by Gasteiger charge is 2.63. The van der Waals surface area contributed by atoms with Crippen LogP contribution in [0.2, 0.25) is 0 Å². The van der Waals surface area contributed by atoms with Crippen molar-refractivity contribution in [3.8, 4) is 12.3 Å². The average molecular weight is 513 g/mol. The Morgan fingerprint density at radius 2 is 1.95 bits per heavy atom. The first kappa shape index (κ1) is 26.2. The van der Waals surface area contributed by atoms with Crippen molar-refractivity contribution < 1.29 is 29.4 Å². The van der Waals surface area contributed by atoms with Crippen LogP contribution in [-0.4, -0.2) is 70.7 Å². The minimum absolute atomic E-state index is 0.0856. The topological polar surface area (TPSA) is 109 Å². The van der Waals surface area contributed by atoms with Gasteiger partial charge in [-0.25, -0.2) is 4.79 Å². The molecule has 1 heterocycles. The number of β-amino-alcohol motifs (C(OH)–C–C–N with tert-alkyl or cyclic N) is 1. The van der Waals surface area contributed by atoms with E-state index in [1.54, 1.807) is 0 Å². The summed E-state index contributed by atoms with van der Waals surface area (Å²) in [5, 5.41) is 25.4. The Kier molecular flexibility index (Phi) is 6.69. The third-order valence-electron chi connectivity index (χ3n) is 10.8. The number of hydrogen-bond acceptors (Lipinski definition) is 7. The van der Waals surface area contributed by atoms with Gasteiger partial charge in [-0.05, 0) is 80.6 Å². The van der Waals surface area contributed by atoms with Crippen LogP contribution in [0.25, 0.3) is 0 Å². The number of fused-ring (bicyclic) bond motifs is 5. The van der Waals surface area contributed by atoms with Gasteiger partial charge in [0.25, 0.3) is 5.91 Å². The summed E-state index contributed by atoms with van der Waals surface area (Å²) in [5.74, 6) is 3.45. The number of rotatable bonds is 4. The van der Waals surface area contributed by atoms with Crippen molar-refractivity contribution in [2.45, 2.75) is 89.4 Å². The lowest BCUT2D eigenvalue weighted by molar-refractivity contribution is -0.152. The van der Waals surface area contributed by atoms with Gasteiger partial charge in [0, 0.05) is 18.4 Å². The first-order chi connectivity index (χ1) is 17.6. The third kappa shape index (κ3) is 4.10. The molecule has 1 amide bonds. The fraction of sp³-hybridized carbons (Fsp3) is 0.759. The molecule has 8 heteroatoms. The summed E-state index contributed by atoms with van der Waals surface area (Å²) in [6, 6.07) is -0.787. The molecule has 8 nitrogen and oxygen atoms in total. The largest absolute Gasteiger partial charge is 0.467 e.